The van der Waals surface area contributed by atoms with Crippen molar-refractivity contribution in [1.29, 1.82) is 0 Å². The zero-order valence-corrected chi connectivity index (χ0v) is 26.4. The lowest BCUT2D eigenvalue weighted by Crippen LogP contribution is -2.13. The molecule has 248 valence electrons. The first-order chi connectivity index (χ1) is 21.6. The second kappa shape index (κ2) is 12.5. The van der Waals surface area contributed by atoms with Crippen molar-refractivity contribution in [2.75, 3.05) is 0 Å². The molecule has 0 atom stereocenters. The summed E-state index contributed by atoms with van der Waals surface area (Å²) < 4.78 is 166. The molecular formula is C30H12Cl2F12S3. The Kier molecular flexibility index (Phi) is 9.38. The molecule has 0 spiro atoms. The summed E-state index contributed by atoms with van der Waals surface area (Å²) in [4.78, 5) is 0.296. The largest absolute Gasteiger partial charge is 0.416 e. The highest BCUT2D eigenvalue weighted by molar-refractivity contribution is 7.18. The van der Waals surface area contributed by atoms with Crippen molar-refractivity contribution < 1.29 is 52.7 Å². The summed E-state index contributed by atoms with van der Waals surface area (Å²) in [6.45, 7) is 0. The van der Waals surface area contributed by atoms with Crippen molar-refractivity contribution >= 4 is 68.4 Å². The number of hydrogen-bond donors (Lipinski definition) is 0. The van der Waals surface area contributed by atoms with Crippen LogP contribution in [0.2, 0.25) is 8.67 Å². The van der Waals surface area contributed by atoms with Crippen molar-refractivity contribution in [3.8, 4) is 0 Å². The first-order valence-corrected chi connectivity index (χ1v) is 15.8. The topological polar surface area (TPSA) is 0 Å². The van der Waals surface area contributed by atoms with Crippen molar-refractivity contribution in [2.24, 2.45) is 0 Å². The molecule has 0 N–H and O–H groups in total. The molecule has 0 aliphatic rings. The number of halogens is 14. The van der Waals surface area contributed by atoms with Gasteiger partial charge in [0.2, 0.25) is 0 Å². The van der Waals surface area contributed by atoms with Crippen molar-refractivity contribution in [2.45, 2.75) is 24.7 Å². The van der Waals surface area contributed by atoms with E-state index in [-0.39, 0.29) is 50.8 Å². The maximum absolute atomic E-state index is 13.8. The van der Waals surface area contributed by atoms with Gasteiger partial charge in [0.1, 0.15) is 0 Å². The lowest BCUT2D eigenvalue weighted by Gasteiger charge is -2.15. The van der Waals surface area contributed by atoms with Gasteiger partial charge in [0.05, 0.1) is 30.9 Å². The lowest BCUT2D eigenvalue weighted by atomic mass is 9.98. The van der Waals surface area contributed by atoms with E-state index in [1.807, 2.05) is 0 Å². The van der Waals surface area contributed by atoms with Gasteiger partial charge in [0.25, 0.3) is 0 Å². The van der Waals surface area contributed by atoms with Crippen LogP contribution in [-0.2, 0) is 24.7 Å². The molecule has 17 heteroatoms. The van der Waals surface area contributed by atoms with E-state index in [0.29, 0.717) is 24.3 Å². The van der Waals surface area contributed by atoms with E-state index in [9.17, 15) is 52.7 Å². The summed E-state index contributed by atoms with van der Waals surface area (Å²) >= 11 is 14.5. The van der Waals surface area contributed by atoms with Gasteiger partial charge in [-0.3, -0.25) is 0 Å². The smallest absolute Gasteiger partial charge is 0.166 e. The van der Waals surface area contributed by atoms with E-state index in [4.69, 9.17) is 23.2 Å². The molecule has 0 aliphatic heterocycles. The van der Waals surface area contributed by atoms with Gasteiger partial charge >= 0.3 is 24.7 Å². The van der Waals surface area contributed by atoms with E-state index in [1.54, 1.807) is 0 Å². The van der Waals surface area contributed by atoms with Gasteiger partial charge in [-0.05, 0) is 83.9 Å². The molecule has 2 aromatic carbocycles. The normalized spacial score (nSPS) is 14.4. The molecule has 5 aromatic rings. The van der Waals surface area contributed by atoms with Crippen molar-refractivity contribution in [1.82, 2.24) is 0 Å². The Morgan fingerprint density at radius 3 is 0.936 bits per heavy atom. The highest BCUT2D eigenvalue weighted by atomic mass is 35.5. The maximum Gasteiger partial charge on any atom is 0.416 e. The van der Waals surface area contributed by atoms with Crippen LogP contribution >= 0.6 is 57.2 Å². The Hall–Kier alpha value is -2.98. The standard InChI is InChI=1S/C30H12Cl2F12S3/c31-23-5-3-21(46-23)25(13-7-15(27(33,34)35)11-16(8-13)28(36,37)38)19-1-2-20(45-19)26(22-4-6-24(32)47-22)14-9-17(29(39,40)41)12-18(10-14)30(42,43)44/h1-12H/b25-19+,26-20+. The van der Waals surface area contributed by atoms with Crippen LogP contribution in [0.15, 0.2) is 72.8 Å². The van der Waals surface area contributed by atoms with Gasteiger partial charge in [-0.2, -0.15) is 52.7 Å². The number of benzene rings is 2. The molecule has 0 nitrogen and oxygen atoms in total. The van der Waals surface area contributed by atoms with Crippen molar-refractivity contribution in [3.05, 3.63) is 134 Å². The Bertz CT molecular complexity index is 1860. The minimum absolute atomic E-state index is 0.0410. The molecule has 0 unspecified atom stereocenters. The second-order valence-corrected chi connectivity index (χ2v) is 14.2. The van der Waals surface area contributed by atoms with E-state index < -0.39 is 58.1 Å². The molecule has 0 bridgehead atoms. The summed E-state index contributed by atoms with van der Waals surface area (Å²) in [6.07, 6.45) is -20.7. The number of rotatable bonds is 4. The Balaban J connectivity index is 1.92. The van der Waals surface area contributed by atoms with Gasteiger partial charge in [0, 0.05) is 30.0 Å². The fourth-order valence-electron chi connectivity index (χ4n) is 4.51. The van der Waals surface area contributed by atoms with Crippen molar-refractivity contribution in [3.63, 3.8) is 0 Å². The fraction of sp³-hybridized carbons (Fsp3) is 0.133. The molecular weight excluding hydrogens is 755 g/mol. The van der Waals surface area contributed by atoms with Crippen LogP contribution in [-0.4, -0.2) is 0 Å². The van der Waals surface area contributed by atoms with E-state index in [1.165, 1.54) is 36.4 Å². The highest BCUT2D eigenvalue weighted by Crippen LogP contribution is 2.41. The lowest BCUT2D eigenvalue weighted by molar-refractivity contribution is -0.144. The van der Waals surface area contributed by atoms with Crippen LogP contribution in [0, 0.1) is 0 Å². The van der Waals surface area contributed by atoms with Gasteiger partial charge in [0.15, 0.2) is 0 Å². The van der Waals surface area contributed by atoms with Crippen LogP contribution in [0.4, 0.5) is 52.7 Å². The Labute approximate surface area is 278 Å². The summed E-state index contributed by atoms with van der Waals surface area (Å²) in [7, 11) is 0. The minimum Gasteiger partial charge on any atom is -0.166 e. The third-order valence-corrected chi connectivity index (χ3v) is 10.1. The molecule has 47 heavy (non-hydrogen) atoms. The molecule has 0 saturated heterocycles. The van der Waals surface area contributed by atoms with E-state index in [2.05, 4.69) is 0 Å². The first kappa shape index (κ1) is 35.3. The monoisotopic (exact) mass is 766 g/mol. The summed E-state index contributed by atoms with van der Waals surface area (Å²) in [5.41, 5.74) is -7.63. The average Bonchev–Trinajstić information content (AvgIpc) is 3.69. The third-order valence-electron chi connectivity index (χ3n) is 6.49. The Morgan fingerprint density at radius 2 is 0.702 bits per heavy atom. The van der Waals surface area contributed by atoms with Crippen LogP contribution in [0.5, 0.6) is 0 Å². The zero-order valence-electron chi connectivity index (χ0n) is 22.4. The van der Waals surface area contributed by atoms with Gasteiger partial charge < -0.3 is 0 Å². The Morgan fingerprint density at radius 1 is 0.404 bits per heavy atom. The molecule has 0 saturated carbocycles. The van der Waals surface area contributed by atoms with Gasteiger partial charge in [-0.15, -0.1) is 34.0 Å². The summed E-state index contributed by atoms with van der Waals surface area (Å²) in [5.74, 6) is 0. The SMILES string of the molecule is FC(F)(F)c1cc(/C(c2ccc(Cl)s2)=c2/cc/c(=C(/c3cc(C(F)(F)F)cc(C(F)(F)F)c3)c3ccc(Cl)s3)s2)cc(C(F)(F)F)c1. The quantitative estimate of drug-likeness (QED) is 0.160. The van der Waals surface area contributed by atoms with Gasteiger partial charge in [-0.1, -0.05) is 23.2 Å². The fourth-order valence-corrected chi connectivity index (χ4v) is 8.06. The van der Waals surface area contributed by atoms with E-state index in [0.717, 1.165) is 34.0 Å². The summed E-state index contributed by atoms with van der Waals surface area (Å²) in [5, 5.41) is 0. The van der Waals surface area contributed by atoms with Crippen LogP contribution in [0.1, 0.15) is 43.1 Å². The van der Waals surface area contributed by atoms with Crippen LogP contribution in [0.3, 0.4) is 0 Å². The molecule has 0 fully saturated rings. The molecule has 0 amide bonds. The number of hydrogen-bond acceptors (Lipinski definition) is 3. The van der Waals surface area contributed by atoms with Crippen LogP contribution in [0.25, 0.3) is 11.1 Å². The van der Waals surface area contributed by atoms with Crippen LogP contribution < -0.4 is 9.06 Å². The predicted molar refractivity (Wildman–Crippen MR) is 158 cm³/mol. The molecule has 5 rings (SSSR count). The number of alkyl halides is 12. The molecule has 0 radical (unpaired) electrons. The first-order valence-electron chi connectivity index (χ1n) is 12.6. The summed E-state index contributed by atoms with van der Waals surface area (Å²) in [6, 6.07) is 10.0. The minimum atomic E-state index is -5.17. The third kappa shape index (κ3) is 7.85. The molecule has 3 aromatic heterocycles. The highest BCUT2D eigenvalue weighted by Gasteiger charge is 2.39. The zero-order chi connectivity index (χ0) is 34.7. The molecule has 3 heterocycles. The van der Waals surface area contributed by atoms with E-state index >= 15 is 0 Å². The number of thiophene rings is 3. The second-order valence-electron chi connectivity index (χ2n) is 9.71. The predicted octanol–water partition coefficient (Wildman–Crippen LogP) is 11.7. The van der Waals surface area contributed by atoms with Gasteiger partial charge in [-0.25, -0.2) is 0 Å². The molecule has 0 aliphatic carbocycles. The maximum atomic E-state index is 13.8. The average molecular weight is 768 g/mol.